The molecule has 1 aromatic heterocycles. The summed E-state index contributed by atoms with van der Waals surface area (Å²) in [6, 6.07) is 4.89. The summed E-state index contributed by atoms with van der Waals surface area (Å²) in [5.41, 5.74) is 0.532. The Balaban J connectivity index is 2.94. The Labute approximate surface area is 84.0 Å². The van der Waals surface area contributed by atoms with Crippen LogP contribution in [-0.4, -0.2) is 15.1 Å². The van der Waals surface area contributed by atoms with Crippen molar-refractivity contribution in [3.05, 3.63) is 28.6 Å². The largest absolute Gasteiger partial charge is 0.507 e. The standard InChI is InChI=1S/C8H4Cl2N2O/c9-7-6-4(11-8(10)12-7)2-1-3-5(6)13/h1-3,13H. The van der Waals surface area contributed by atoms with Crippen LogP contribution < -0.4 is 0 Å². The maximum absolute atomic E-state index is 9.44. The van der Waals surface area contributed by atoms with Gasteiger partial charge in [-0.1, -0.05) is 17.7 Å². The highest BCUT2D eigenvalue weighted by atomic mass is 35.5. The van der Waals surface area contributed by atoms with E-state index >= 15 is 0 Å². The minimum absolute atomic E-state index is 0.0548. The van der Waals surface area contributed by atoms with Crippen LogP contribution in [0.5, 0.6) is 5.75 Å². The minimum atomic E-state index is 0.0548. The van der Waals surface area contributed by atoms with Gasteiger partial charge < -0.3 is 5.11 Å². The fourth-order valence-electron chi connectivity index (χ4n) is 1.09. The molecule has 5 heteroatoms. The van der Waals surface area contributed by atoms with Crippen molar-refractivity contribution < 1.29 is 5.11 Å². The van der Waals surface area contributed by atoms with Gasteiger partial charge in [-0.05, 0) is 23.7 Å². The molecule has 0 aliphatic rings. The average molecular weight is 215 g/mol. The maximum Gasteiger partial charge on any atom is 0.224 e. The van der Waals surface area contributed by atoms with E-state index in [2.05, 4.69) is 9.97 Å². The van der Waals surface area contributed by atoms with Crippen molar-refractivity contribution in [1.29, 1.82) is 0 Å². The minimum Gasteiger partial charge on any atom is -0.507 e. The van der Waals surface area contributed by atoms with Crippen molar-refractivity contribution >= 4 is 34.1 Å². The van der Waals surface area contributed by atoms with Crippen molar-refractivity contribution in [1.82, 2.24) is 9.97 Å². The smallest absolute Gasteiger partial charge is 0.224 e. The zero-order valence-corrected chi connectivity index (χ0v) is 7.84. The van der Waals surface area contributed by atoms with Crippen molar-refractivity contribution in [2.24, 2.45) is 0 Å². The molecule has 2 rings (SSSR count). The first-order valence-corrected chi connectivity index (χ1v) is 4.25. The van der Waals surface area contributed by atoms with E-state index in [9.17, 15) is 5.11 Å². The summed E-state index contributed by atoms with van der Waals surface area (Å²) in [4.78, 5) is 7.63. The Morgan fingerprint density at radius 1 is 1.15 bits per heavy atom. The summed E-state index contributed by atoms with van der Waals surface area (Å²) in [6.07, 6.45) is 0. The molecule has 1 aromatic carbocycles. The lowest BCUT2D eigenvalue weighted by atomic mass is 10.2. The van der Waals surface area contributed by atoms with Crippen LogP contribution in [0.3, 0.4) is 0 Å². The highest BCUT2D eigenvalue weighted by molar-refractivity contribution is 6.36. The Kier molecular flexibility index (Phi) is 1.98. The molecule has 0 bridgehead atoms. The Hall–Kier alpha value is -1.06. The van der Waals surface area contributed by atoms with Gasteiger partial charge in [-0.15, -0.1) is 0 Å². The number of nitrogens with zero attached hydrogens (tertiary/aromatic N) is 2. The fourth-order valence-corrected chi connectivity index (χ4v) is 1.59. The van der Waals surface area contributed by atoms with E-state index in [4.69, 9.17) is 23.2 Å². The topological polar surface area (TPSA) is 46.0 Å². The van der Waals surface area contributed by atoms with E-state index < -0.39 is 0 Å². The van der Waals surface area contributed by atoms with E-state index in [-0.39, 0.29) is 16.2 Å². The second kappa shape index (κ2) is 3.01. The molecule has 0 amide bonds. The number of hydrogen-bond donors (Lipinski definition) is 1. The number of benzene rings is 1. The second-order valence-corrected chi connectivity index (χ2v) is 3.15. The SMILES string of the molecule is Oc1cccc2nc(Cl)nc(Cl)c12. The van der Waals surface area contributed by atoms with Crippen LogP contribution in [0.4, 0.5) is 0 Å². The van der Waals surface area contributed by atoms with Gasteiger partial charge >= 0.3 is 0 Å². The Bertz CT molecular complexity index is 473. The van der Waals surface area contributed by atoms with E-state index in [1.165, 1.54) is 6.07 Å². The molecule has 1 heterocycles. The molecule has 0 atom stereocenters. The predicted molar refractivity (Wildman–Crippen MR) is 51.2 cm³/mol. The third kappa shape index (κ3) is 1.41. The highest BCUT2D eigenvalue weighted by Crippen LogP contribution is 2.29. The number of aromatic hydroxyl groups is 1. The first-order valence-electron chi connectivity index (χ1n) is 3.49. The number of fused-ring (bicyclic) bond motifs is 1. The molecule has 0 unspecified atom stereocenters. The molecular formula is C8H4Cl2N2O. The lowest BCUT2D eigenvalue weighted by Crippen LogP contribution is -1.86. The van der Waals surface area contributed by atoms with Crippen LogP contribution in [-0.2, 0) is 0 Å². The molecule has 2 aromatic rings. The van der Waals surface area contributed by atoms with Gasteiger partial charge in [-0.25, -0.2) is 9.97 Å². The molecule has 13 heavy (non-hydrogen) atoms. The molecular weight excluding hydrogens is 211 g/mol. The van der Waals surface area contributed by atoms with Crippen molar-refractivity contribution in [2.45, 2.75) is 0 Å². The molecule has 0 saturated heterocycles. The normalized spacial score (nSPS) is 10.6. The van der Waals surface area contributed by atoms with E-state index in [0.29, 0.717) is 10.9 Å². The van der Waals surface area contributed by atoms with Gasteiger partial charge in [-0.2, -0.15) is 0 Å². The maximum atomic E-state index is 9.44. The van der Waals surface area contributed by atoms with Gasteiger partial charge in [0, 0.05) is 0 Å². The van der Waals surface area contributed by atoms with Gasteiger partial charge in [0.25, 0.3) is 0 Å². The van der Waals surface area contributed by atoms with E-state index in [1.54, 1.807) is 12.1 Å². The Morgan fingerprint density at radius 3 is 2.69 bits per heavy atom. The lowest BCUT2D eigenvalue weighted by Gasteiger charge is -2.01. The van der Waals surface area contributed by atoms with Crippen LogP contribution in [0.1, 0.15) is 0 Å². The number of phenolic OH excluding ortho intramolecular Hbond substituents is 1. The molecule has 0 saturated carbocycles. The molecule has 0 fully saturated rings. The van der Waals surface area contributed by atoms with Gasteiger partial charge in [0.05, 0.1) is 10.9 Å². The zero-order chi connectivity index (χ0) is 9.42. The third-order valence-electron chi connectivity index (χ3n) is 1.63. The van der Waals surface area contributed by atoms with Crippen LogP contribution in [0.25, 0.3) is 10.9 Å². The van der Waals surface area contributed by atoms with E-state index in [0.717, 1.165) is 0 Å². The number of hydrogen-bond acceptors (Lipinski definition) is 3. The van der Waals surface area contributed by atoms with Crippen LogP contribution >= 0.6 is 23.2 Å². The van der Waals surface area contributed by atoms with Crippen molar-refractivity contribution in [3.8, 4) is 5.75 Å². The highest BCUT2D eigenvalue weighted by Gasteiger charge is 2.07. The third-order valence-corrected chi connectivity index (χ3v) is 2.07. The first-order chi connectivity index (χ1) is 6.18. The number of aromatic nitrogens is 2. The summed E-state index contributed by atoms with van der Waals surface area (Å²) < 4.78 is 0. The molecule has 0 aliphatic heterocycles. The van der Waals surface area contributed by atoms with Gasteiger partial charge in [-0.3, -0.25) is 0 Å². The second-order valence-electron chi connectivity index (χ2n) is 2.45. The summed E-state index contributed by atoms with van der Waals surface area (Å²) in [6.45, 7) is 0. The molecule has 0 radical (unpaired) electrons. The van der Waals surface area contributed by atoms with Crippen LogP contribution in [0.2, 0.25) is 10.4 Å². The summed E-state index contributed by atoms with van der Waals surface area (Å²) in [7, 11) is 0. The summed E-state index contributed by atoms with van der Waals surface area (Å²) in [5.74, 6) is 0.0548. The first kappa shape index (κ1) is 8.53. The molecule has 3 nitrogen and oxygen atoms in total. The number of phenols is 1. The number of rotatable bonds is 0. The molecule has 1 N–H and O–H groups in total. The predicted octanol–water partition coefficient (Wildman–Crippen LogP) is 2.64. The quantitative estimate of drug-likeness (QED) is 0.542. The average Bonchev–Trinajstić information content (AvgIpc) is 2.02. The Morgan fingerprint density at radius 2 is 1.92 bits per heavy atom. The summed E-state index contributed by atoms with van der Waals surface area (Å²) >= 11 is 11.4. The van der Waals surface area contributed by atoms with Crippen molar-refractivity contribution in [2.75, 3.05) is 0 Å². The lowest BCUT2D eigenvalue weighted by molar-refractivity contribution is 0.481. The fraction of sp³-hybridized carbons (Fsp3) is 0. The van der Waals surface area contributed by atoms with Gasteiger partial charge in [0.15, 0.2) is 0 Å². The van der Waals surface area contributed by atoms with Crippen LogP contribution in [0, 0.1) is 0 Å². The van der Waals surface area contributed by atoms with Crippen LogP contribution in [0.15, 0.2) is 18.2 Å². The number of halogens is 2. The van der Waals surface area contributed by atoms with Gasteiger partial charge in [0.2, 0.25) is 5.28 Å². The van der Waals surface area contributed by atoms with E-state index in [1.807, 2.05) is 0 Å². The van der Waals surface area contributed by atoms with Gasteiger partial charge in [0.1, 0.15) is 10.9 Å². The zero-order valence-electron chi connectivity index (χ0n) is 6.33. The monoisotopic (exact) mass is 214 g/mol. The molecule has 0 spiro atoms. The van der Waals surface area contributed by atoms with Crippen molar-refractivity contribution in [3.63, 3.8) is 0 Å². The molecule has 66 valence electrons. The molecule has 0 aliphatic carbocycles. The summed E-state index contributed by atoms with van der Waals surface area (Å²) in [5, 5.41) is 10.1.